The zero-order valence-corrected chi connectivity index (χ0v) is 27.7. The Balaban J connectivity index is 4.96. The summed E-state index contributed by atoms with van der Waals surface area (Å²) in [4.78, 5) is 0. The molecule has 3 radical (unpaired) electrons. The van der Waals surface area contributed by atoms with E-state index in [1.807, 2.05) is 0 Å². The molecule has 0 aromatic carbocycles. The van der Waals surface area contributed by atoms with Crippen LogP contribution < -0.4 is 0 Å². The highest BCUT2D eigenvalue weighted by molar-refractivity contribution is 6.61. The first-order chi connectivity index (χ1) is 16.7. The Labute approximate surface area is 221 Å². The summed E-state index contributed by atoms with van der Waals surface area (Å²) in [5, 5.41) is 0.0479. The van der Waals surface area contributed by atoms with Crippen LogP contribution in [-0.2, 0) is 39.8 Å². The summed E-state index contributed by atoms with van der Waals surface area (Å²) in [6.07, 6.45) is 9.36. The van der Waals surface area contributed by atoms with Crippen molar-refractivity contribution in [2.24, 2.45) is 0 Å². The molecular weight excluding hydrogens is 521 g/mol. The first-order valence-electron chi connectivity index (χ1n) is 12.4. The van der Waals surface area contributed by atoms with Gasteiger partial charge in [0.1, 0.15) is 0 Å². The Morgan fingerprint density at radius 3 is 0.771 bits per heavy atom. The van der Waals surface area contributed by atoms with Gasteiger partial charge in [-0.2, -0.15) is 0 Å². The Hall–Kier alpha value is 0.508. The lowest BCUT2D eigenvalue weighted by Crippen LogP contribution is -2.42. The van der Waals surface area contributed by atoms with Crippen molar-refractivity contribution in [1.29, 1.82) is 0 Å². The van der Waals surface area contributed by atoms with E-state index < -0.39 is 26.4 Å². The van der Waals surface area contributed by atoms with Crippen molar-refractivity contribution in [2.75, 3.05) is 64.0 Å². The third kappa shape index (κ3) is 12.3. The van der Waals surface area contributed by atoms with Crippen LogP contribution in [0, 0.1) is 0 Å². The molecule has 0 amide bonds. The molecule has 0 rings (SSSR count). The van der Waals surface area contributed by atoms with E-state index in [0.29, 0.717) is 0 Å². The fourth-order valence-corrected chi connectivity index (χ4v) is 10.4. The molecule has 0 unspecified atom stereocenters. The van der Waals surface area contributed by atoms with Crippen LogP contribution in [0.2, 0.25) is 23.2 Å². The number of unbranched alkanes of at least 4 members (excludes halogenated alkanes) is 3. The maximum atomic E-state index is 5.57. The van der Waals surface area contributed by atoms with E-state index in [-0.39, 0.29) is 5.04 Å². The molecule has 0 aliphatic carbocycles. The second-order valence-electron chi connectivity index (χ2n) is 8.79. The van der Waals surface area contributed by atoms with Crippen molar-refractivity contribution in [3.05, 3.63) is 0 Å². The summed E-state index contributed by atoms with van der Waals surface area (Å²) in [5.41, 5.74) is 0. The molecule has 0 atom stereocenters. The van der Waals surface area contributed by atoms with Crippen LogP contribution in [0.5, 0.6) is 0 Å². The summed E-state index contributed by atoms with van der Waals surface area (Å²) in [7, 11) is 11.6. The standard InChI is InChI=1S/C22H51O9Si4/c1-23-33(24-2,25-3)19-13-10-16-22(32,17-11-14-20-34(26-4,27-5)28-6)18-12-15-21-35(29-7,30-8)31-9/h10-21H2,1-9H3. The summed E-state index contributed by atoms with van der Waals surface area (Å²) in [5.74, 6) is 0. The maximum absolute atomic E-state index is 5.57. The molecule has 13 heteroatoms. The van der Waals surface area contributed by atoms with E-state index in [9.17, 15) is 0 Å². The minimum Gasteiger partial charge on any atom is -0.377 e. The van der Waals surface area contributed by atoms with Crippen molar-refractivity contribution in [3.63, 3.8) is 0 Å². The maximum Gasteiger partial charge on any atom is 0.500 e. The molecule has 0 heterocycles. The van der Waals surface area contributed by atoms with Gasteiger partial charge in [0.05, 0.1) is 0 Å². The summed E-state index contributed by atoms with van der Waals surface area (Å²) >= 11 is 0. The summed E-state index contributed by atoms with van der Waals surface area (Å²) in [6, 6.07) is 2.43. The molecule has 9 nitrogen and oxygen atoms in total. The topological polar surface area (TPSA) is 83.1 Å². The lowest BCUT2D eigenvalue weighted by molar-refractivity contribution is 0.122. The van der Waals surface area contributed by atoms with Gasteiger partial charge in [0.25, 0.3) is 0 Å². The molecule has 0 aliphatic rings. The van der Waals surface area contributed by atoms with Crippen LogP contribution in [0.25, 0.3) is 0 Å². The Morgan fingerprint density at radius 2 is 0.600 bits per heavy atom. The fourth-order valence-electron chi connectivity index (χ4n) is 4.46. The first-order valence-corrected chi connectivity index (χ1v) is 18.7. The van der Waals surface area contributed by atoms with Crippen LogP contribution in [0.1, 0.15) is 57.8 Å². The Kier molecular flexibility index (Phi) is 19.0. The normalized spacial score (nSPS) is 13.5. The lowest BCUT2D eigenvalue weighted by Gasteiger charge is -2.32. The quantitative estimate of drug-likeness (QED) is 0.123. The molecule has 0 saturated carbocycles. The van der Waals surface area contributed by atoms with Gasteiger partial charge in [-0.15, -0.1) is 0 Å². The van der Waals surface area contributed by atoms with Crippen molar-refractivity contribution in [3.8, 4) is 0 Å². The third-order valence-electron chi connectivity index (χ3n) is 6.96. The number of hydrogen-bond donors (Lipinski definition) is 0. The van der Waals surface area contributed by atoms with Gasteiger partial charge in [-0.05, 0) is 24.3 Å². The lowest BCUT2D eigenvalue weighted by atomic mass is 9.89. The van der Waals surface area contributed by atoms with Crippen molar-refractivity contribution in [2.45, 2.75) is 81.0 Å². The molecule has 209 valence electrons. The minimum absolute atomic E-state index is 0.0479. The van der Waals surface area contributed by atoms with Gasteiger partial charge in [-0.1, -0.05) is 38.5 Å². The van der Waals surface area contributed by atoms with E-state index in [0.717, 1.165) is 75.9 Å². The predicted molar refractivity (Wildman–Crippen MR) is 145 cm³/mol. The molecule has 35 heavy (non-hydrogen) atoms. The second-order valence-corrected chi connectivity index (χ2v) is 19.1. The highest BCUT2D eigenvalue weighted by atomic mass is 28.4. The second kappa shape index (κ2) is 18.7. The molecule has 0 aromatic rings. The van der Waals surface area contributed by atoms with E-state index in [4.69, 9.17) is 39.8 Å². The number of rotatable bonds is 24. The van der Waals surface area contributed by atoms with Crippen LogP contribution in [0.15, 0.2) is 0 Å². The average molecular weight is 572 g/mol. The SMILES string of the molecule is CO[Si](CCCCC([Si])(CCCC[Si](OC)(OC)OC)CCCC[Si](OC)(OC)OC)(OC)OC. The molecule has 0 saturated heterocycles. The van der Waals surface area contributed by atoms with Gasteiger partial charge in [-0.25, -0.2) is 0 Å². The molecule has 0 spiro atoms. The average Bonchev–Trinajstić information content (AvgIpc) is 2.90. The van der Waals surface area contributed by atoms with Gasteiger partial charge in [0, 0.05) is 92.4 Å². The molecule has 0 N–H and O–H groups in total. The monoisotopic (exact) mass is 571 g/mol. The van der Waals surface area contributed by atoms with Gasteiger partial charge in [0.2, 0.25) is 0 Å². The molecular formula is C22H51O9Si4. The zero-order valence-electron chi connectivity index (χ0n) is 23.7. The largest absolute Gasteiger partial charge is 0.500 e. The smallest absolute Gasteiger partial charge is 0.377 e. The van der Waals surface area contributed by atoms with Gasteiger partial charge >= 0.3 is 26.4 Å². The Morgan fingerprint density at radius 1 is 0.400 bits per heavy atom. The highest BCUT2D eigenvalue weighted by Crippen LogP contribution is 2.41. The van der Waals surface area contributed by atoms with E-state index in [1.165, 1.54) is 0 Å². The first kappa shape index (κ1) is 35.5. The Bertz CT molecular complexity index is 425. The molecule has 0 fully saturated rings. The van der Waals surface area contributed by atoms with Crippen LogP contribution in [-0.4, -0.2) is 101 Å². The summed E-state index contributed by atoms with van der Waals surface area (Å²) in [6.45, 7) is 0. The van der Waals surface area contributed by atoms with Crippen LogP contribution in [0.4, 0.5) is 0 Å². The van der Waals surface area contributed by atoms with Gasteiger partial charge < -0.3 is 39.8 Å². The highest BCUT2D eigenvalue weighted by Gasteiger charge is 2.39. The third-order valence-corrected chi connectivity index (χ3v) is 16.2. The minimum atomic E-state index is -2.53. The van der Waals surface area contributed by atoms with E-state index >= 15 is 0 Å². The van der Waals surface area contributed by atoms with Crippen molar-refractivity contribution in [1.82, 2.24) is 0 Å². The molecule has 0 bridgehead atoms. The van der Waals surface area contributed by atoms with E-state index in [2.05, 4.69) is 10.2 Å². The number of hydrogen-bond acceptors (Lipinski definition) is 9. The fraction of sp³-hybridized carbons (Fsp3) is 1.00. The van der Waals surface area contributed by atoms with Crippen molar-refractivity contribution < 1.29 is 39.8 Å². The van der Waals surface area contributed by atoms with Gasteiger partial charge in [0.15, 0.2) is 0 Å². The predicted octanol–water partition coefficient (Wildman–Crippen LogP) is 4.46. The van der Waals surface area contributed by atoms with Crippen molar-refractivity contribution >= 4 is 36.7 Å². The van der Waals surface area contributed by atoms with Crippen LogP contribution >= 0.6 is 0 Å². The summed E-state index contributed by atoms with van der Waals surface area (Å²) < 4.78 is 50.2. The van der Waals surface area contributed by atoms with Crippen LogP contribution in [0.3, 0.4) is 0 Å². The molecule has 0 aliphatic heterocycles. The van der Waals surface area contributed by atoms with E-state index in [1.54, 1.807) is 64.0 Å². The zero-order chi connectivity index (χ0) is 26.8. The molecule has 0 aromatic heterocycles. The van der Waals surface area contributed by atoms with Gasteiger partial charge in [-0.3, -0.25) is 0 Å².